The van der Waals surface area contributed by atoms with E-state index in [1.165, 1.54) is 4.88 Å². The number of nitrogens with two attached hydrogens (primary N) is 1. The molecule has 114 valence electrons. The Hall–Kier alpha value is -0.580. The van der Waals surface area contributed by atoms with Crippen molar-refractivity contribution in [2.75, 3.05) is 19.6 Å². The molecule has 2 N–H and O–H groups in total. The number of thiophene rings is 1. The van der Waals surface area contributed by atoms with Crippen LogP contribution in [0.15, 0.2) is 17.5 Å². The van der Waals surface area contributed by atoms with Crippen molar-refractivity contribution in [1.29, 1.82) is 0 Å². The number of likely N-dealkylation sites (N-methyl/N-ethyl adjacent to an activating group) is 1. The van der Waals surface area contributed by atoms with E-state index in [0.29, 0.717) is 18.4 Å². The molecule has 0 bridgehead atoms. The molecule has 1 aromatic rings. The first-order chi connectivity index (χ1) is 9.26. The topological polar surface area (TPSA) is 46.3 Å². The molecule has 0 saturated heterocycles. The van der Waals surface area contributed by atoms with Crippen molar-refractivity contribution in [2.45, 2.75) is 32.6 Å². The molecule has 0 spiro atoms. The van der Waals surface area contributed by atoms with Crippen LogP contribution in [-0.2, 0) is 11.2 Å². The second kappa shape index (κ2) is 8.65. The predicted molar refractivity (Wildman–Crippen MR) is 87.4 cm³/mol. The Balaban J connectivity index is 0.00000200. The van der Waals surface area contributed by atoms with E-state index < -0.39 is 0 Å². The third kappa shape index (κ3) is 4.21. The van der Waals surface area contributed by atoms with Gasteiger partial charge in [-0.25, -0.2) is 0 Å². The standard InChI is InChI=1S/C15H24N2OS.ClH/c1-2-17(9-8-13-6-4-10-19-13)15(18)14-7-3-5-12(14)11-16;/h4,6,10,12,14H,2-3,5,7-9,11,16H2,1H3;1H/t12-,14-;/m1./s1. The van der Waals surface area contributed by atoms with E-state index in [1.54, 1.807) is 11.3 Å². The maximum atomic E-state index is 12.6. The highest BCUT2D eigenvalue weighted by Crippen LogP contribution is 2.32. The van der Waals surface area contributed by atoms with Crippen molar-refractivity contribution in [1.82, 2.24) is 4.90 Å². The van der Waals surface area contributed by atoms with Gasteiger partial charge in [0, 0.05) is 23.9 Å². The molecule has 2 rings (SSSR count). The van der Waals surface area contributed by atoms with Crippen LogP contribution >= 0.6 is 23.7 Å². The van der Waals surface area contributed by atoms with Gasteiger partial charge in [-0.15, -0.1) is 23.7 Å². The molecular weight excluding hydrogens is 292 g/mol. The van der Waals surface area contributed by atoms with Gasteiger partial charge >= 0.3 is 0 Å². The van der Waals surface area contributed by atoms with Gasteiger partial charge < -0.3 is 10.6 Å². The van der Waals surface area contributed by atoms with Gasteiger partial charge in [0.25, 0.3) is 0 Å². The van der Waals surface area contributed by atoms with Crippen LogP contribution in [0.4, 0.5) is 0 Å². The normalized spacial score (nSPS) is 21.5. The number of carbonyl (C=O) groups is 1. The summed E-state index contributed by atoms with van der Waals surface area (Å²) in [6.45, 7) is 4.36. The highest BCUT2D eigenvalue weighted by Gasteiger charge is 2.34. The number of halogens is 1. The zero-order chi connectivity index (χ0) is 13.7. The molecule has 0 aliphatic heterocycles. The van der Waals surface area contributed by atoms with Crippen LogP contribution < -0.4 is 5.73 Å². The maximum absolute atomic E-state index is 12.6. The lowest BCUT2D eigenvalue weighted by atomic mass is 9.94. The Labute approximate surface area is 131 Å². The van der Waals surface area contributed by atoms with E-state index in [-0.39, 0.29) is 18.3 Å². The highest BCUT2D eigenvalue weighted by molar-refractivity contribution is 7.09. The van der Waals surface area contributed by atoms with Crippen molar-refractivity contribution >= 4 is 29.7 Å². The summed E-state index contributed by atoms with van der Waals surface area (Å²) in [5, 5.41) is 2.09. The molecule has 0 unspecified atom stereocenters. The highest BCUT2D eigenvalue weighted by atomic mass is 35.5. The van der Waals surface area contributed by atoms with Crippen LogP contribution in [0, 0.1) is 11.8 Å². The van der Waals surface area contributed by atoms with Crippen LogP contribution in [0.3, 0.4) is 0 Å². The number of amides is 1. The summed E-state index contributed by atoms with van der Waals surface area (Å²) >= 11 is 1.77. The summed E-state index contributed by atoms with van der Waals surface area (Å²) < 4.78 is 0. The summed E-state index contributed by atoms with van der Waals surface area (Å²) in [5.41, 5.74) is 5.79. The summed E-state index contributed by atoms with van der Waals surface area (Å²) in [6, 6.07) is 4.21. The number of rotatable bonds is 6. The third-order valence-corrected chi connectivity index (χ3v) is 5.12. The SMILES string of the molecule is CCN(CCc1cccs1)C(=O)[C@@H]1CCC[C@@H]1CN.Cl. The quantitative estimate of drug-likeness (QED) is 0.877. The molecular formula is C15H25ClN2OS. The lowest BCUT2D eigenvalue weighted by Crippen LogP contribution is -2.40. The fourth-order valence-electron chi connectivity index (χ4n) is 3.00. The van der Waals surface area contributed by atoms with E-state index in [9.17, 15) is 4.79 Å². The van der Waals surface area contributed by atoms with E-state index >= 15 is 0 Å². The lowest BCUT2D eigenvalue weighted by Gasteiger charge is -2.27. The minimum Gasteiger partial charge on any atom is -0.342 e. The first kappa shape index (κ1) is 17.5. The Kier molecular flexibility index (Phi) is 7.56. The second-order valence-corrected chi connectivity index (χ2v) is 6.31. The number of nitrogens with zero attached hydrogens (tertiary/aromatic N) is 1. The van der Waals surface area contributed by atoms with Gasteiger partial charge in [0.15, 0.2) is 0 Å². The predicted octanol–water partition coefficient (Wildman–Crippen LogP) is 2.94. The average Bonchev–Trinajstić information content (AvgIpc) is 3.09. The number of carbonyl (C=O) groups excluding carboxylic acids is 1. The molecule has 1 heterocycles. The molecule has 1 amide bonds. The third-order valence-electron chi connectivity index (χ3n) is 4.18. The van der Waals surface area contributed by atoms with Crippen LogP contribution in [0.2, 0.25) is 0 Å². The first-order valence-electron chi connectivity index (χ1n) is 7.27. The van der Waals surface area contributed by atoms with Crippen molar-refractivity contribution in [3.05, 3.63) is 22.4 Å². The van der Waals surface area contributed by atoms with Crippen molar-refractivity contribution in [3.63, 3.8) is 0 Å². The molecule has 0 aromatic carbocycles. The molecule has 1 aromatic heterocycles. The van der Waals surface area contributed by atoms with E-state index in [1.807, 2.05) is 4.90 Å². The Bertz CT molecular complexity index is 397. The smallest absolute Gasteiger partial charge is 0.226 e. The van der Waals surface area contributed by atoms with Crippen molar-refractivity contribution < 1.29 is 4.79 Å². The van der Waals surface area contributed by atoms with E-state index in [0.717, 1.165) is 38.8 Å². The molecule has 5 heteroatoms. The van der Waals surface area contributed by atoms with Crippen LogP contribution in [0.5, 0.6) is 0 Å². The van der Waals surface area contributed by atoms with Crippen LogP contribution in [0.1, 0.15) is 31.1 Å². The Morgan fingerprint density at radius 2 is 2.30 bits per heavy atom. The van der Waals surface area contributed by atoms with Crippen molar-refractivity contribution in [2.24, 2.45) is 17.6 Å². The molecule has 1 fully saturated rings. The molecule has 2 atom stereocenters. The van der Waals surface area contributed by atoms with Crippen LogP contribution in [0.25, 0.3) is 0 Å². The zero-order valence-corrected chi connectivity index (χ0v) is 13.7. The summed E-state index contributed by atoms with van der Waals surface area (Å²) in [6.07, 6.45) is 4.27. The van der Waals surface area contributed by atoms with Gasteiger partial charge in [0.2, 0.25) is 5.91 Å². The monoisotopic (exact) mass is 316 g/mol. The first-order valence-corrected chi connectivity index (χ1v) is 8.15. The maximum Gasteiger partial charge on any atom is 0.226 e. The largest absolute Gasteiger partial charge is 0.342 e. The zero-order valence-electron chi connectivity index (χ0n) is 12.1. The van der Waals surface area contributed by atoms with Gasteiger partial charge in [0.05, 0.1) is 0 Å². The Morgan fingerprint density at radius 3 is 2.90 bits per heavy atom. The van der Waals surface area contributed by atoms with E-state index in [2.05, 4.69) is 24.4 Å². The van der Waals surface area contributed by atoms with Gasteiger partial charge in [-0.3, -0.25) is 4.79 Å². The minimum absolute atomic E-state index is 0. The molecule has 1 saturated carbocycles. The minimum atomic E-state index is 0. The molecule has 20 heavy (non-hydrogen) atoms. The van der Waals surface area contributed by atoms with Crippen LogP contribution in [-0.4, -0.2) is 30.4 Å². The van der Waals surface area contributed by atoms with Crippen molar-refractivity contribution in [3.8, 4) is 0 Å². The van der Waals surface area contributed by atoms with Gasteiger partial charge in [-0.2, -0.15) is 0 Å². The lowest BCUT2D eigenvalue weighted by molar-refractivity contribution is -0.136. The molecule has 1 aliphatic carbocycles. The Morgan fingerprint density at radius 1 is 1.50 bits per heavy atom. The molecule has 1 aliphatic rings. The summed E-state index contributed by atoms with van der Waals surface area (Å²) in [4.78, 5) is 15.9. The fourth-order valence-corrected chi connectivity index (χ4v) is 3.70. The fraction of sp³-hybridized carbons (Fsp3) is 0.667. The number of hydrogen-bond acceptors (Lipinski definition) is 3. The second-order valence-electron chi connectivity index (χ2n) is 5.28. The van der Waals surface area contributed by atoms with E-state index in [4.69, 9.17) is 5.73 Å². The summed E-state index contributed by atoms with van der Waals surface area (Å²) in [7, 11) is 0. The van der Waals surface area contributed by atoms with Gasteiger partial charge in [0.1, 0.15) is 0 Å². The molecule has 3 nitrogen and oxygen atoms in total. The van der Waals surface area contributed by atoms with Gasteiger partial charge in [-0.1, -0.05) is 12.5 Å². The summed E-state index contributed by atoms with van der Waals surface area (Å²) in [5.74, 6) is 0.906. The van der Waals surface area contributed by atoms with Gasteiger partial charge in [-0.05, 0) is 50.1 Å². The number of hydrogen-bond donors (Lipinski definition) is 1. The molecule has 0 radical (unpaired) electrons. The average molecular weight is 317 g/mol.